The van der Waals surface area contributed by atoms with Crippen molar-refractivity contribution in [2.45, 2.75) is 33.1 Å². The minimum Gasteiger partial charge on any atom is -0.357 e. The molecular formula is C15H23N4O2P. The average Bonchev–Trinajstić information content (AvgIpc) is 3.01. The summed E-state index contributed by atoms with van der Waals surface area (Å²) in [5.41, 5.74) is 2.58. The van der Waals surface area contributed by atoms with Gasteiger partial charge in [0.25, 0.3) is 0 Å². The molecule has 3 heterocycles. The minimum atomic E-state index is -0.362. The predicted octanol–water partition coefficient (Wildman–Crippen LogP) is 2.98. The first-order chi connectivity index (χ1) is 10.5. The third-order valence-electron chi connectivity index (χ3n) is 4.49. The molecule has 2 unspecified atom stereocenters. The van der Waals surface area contributed by atoms with Gasteiger partial charge in [0.05, 0.1) is 24.7 Å². The molecule has 0 spiro atoms. The van der Waals surface area contributed by atoms with E-state index in [9.17, 15) is 0 Å². The molecule has 0 aliphatic carbocycles. The van der Waals surface area contributed by atoms with Crippen LogP contribution >= 0.6 is 8.15 Å². The standard InChI is InChI=1S/C15H23N4O2P/c1-9-10(2)15(21-12(9)6-20-22(4)5)19-8-18-13-11(3)16-7-17-14(13)19/h7-10,12,15H,6H2,1-5H3/t9?,10?,12-,15-/m1/s1. The van der Waals surface area contributed by atoms with Crippen molar-refractivity contribution in [1.29, 1.82) is 0 Å². The summed E-state index contributed by atoms with van der Waals surface area (Å²) in [7, 11) is -0.362. The Morgan fingerprint density at radius 3 is 2.73 bits per heavy atom. The van der Waals surface area contributed by atoms with Gasteiger partial charge >= 0.3 is 0 Å². The number of nitrogens with zero attached hydrogens (tertiary/aromatic N) is 4. The van der Waals surface area contributed by atoms with Gasteiger partial charge in [0.15, 0.2) is 5.65 Å². The number of ether oxygens (including phenoxy) is 1. The largest absolute Gasteiger partial charge is 0.357 e. The van der Waals surface area contributed by atoms with Gasteiger partial charge in [0.2, 0.25) is 0 Å². The van der Waals surface area contributed by atoms with Crippen LogP contribution < -0.4 is 0 Å². The lowest BCUT2D eigenvalue weighted by Gasteiger charge is -2.18. The van der Waals surface area contributed by atoms with E-state index in [0.717, 1.165) is 16.9 Å². The first-order valence-electron chi connectivity index (χ1n) is 7.59. The summed E-state index contributed by atoms with van der Waals surface area (Å²) >= 11 is 0. The molecule has 6 nitrogen and oxygen atoms in total. The van der Waals surface area contributed by atoms with E-state index in [-0.39, 0.29) is 20.5 Å². The second-order valence-corrected chi connectivity index (χ2v) is 8.06. The van der Waals surface area contributed by atoms with Crippen LogP contribution in [-0.4, -0.2) is 45.6 Å². The number of imidazole rings is 1. The highest BCUT2D eigenvalue weighted by molar-refractivity contribution is 7.50. The van der Waals surface area contributed by atoms with Crippen molar-refractivity contribution in [1.82, 2.24) is 19.5 Å². The SMILES string of the molecule is Cc1ncnc2c1ncn2[C@@H]1O[C@H](COP(C)C)C(C)C1C. The average molecular weight is 322 g/mol. The molecule has 0 bridgehead atoms. The van der Waals surface area contributed by atoms with E-state index < -0.39 is 0 Å². The Morgan fingerprint density at radius 1 is 1.23 bits per heavy atom. The summed E-state index contributed by atoms with van der Waals surface area (Å²) in [5, 5.41) is 0. The molecular weight excluding hydrogens is 299 g/mol. The van der Waals surface area contributed by atoms with Gasteiger partial charge in [-0.15, -0.1) is 0 Å². The first kappa shape index (κ1) is 15.8. The molecule has 120 valence electrons. The zero-order valence-corrected chi connectivity index (χ0v) is 14.6. The van der Waals surface area contributed by atoms with Crippen LogP contribution in [0, 0.1) is 18.8 Å². The van der Waals surface area contributed by atoms with Crippen molar-refractivity contribution >= 4 is 19.3 Å². The van der Waals surface area contributed by atoms with E-state index in [4.69, 9.17) is 9.26 Å². The Morgan fingerprint density at radius 2 is 2.00 bits per heavy atom. The molecule has 3 rings (SSSR count). The highest BCUT2D eigenvalue weighted by atomic mass is 31.1. The molecule has 1 aliphatic heterocycles. The molecule has 4 atom stereocenters. The summed E-state index contributed by atoms with van der Waals surface area (Å²) < 4.78 is 14.1. The van der Waals surface area contributed by atoms with Crippen LogP contribution in [0.15, 0.2) is 12.7 Å². The van der Waals surface area contributed by atoms with Gasteiger partial charge in [-0.2, -0.15) is 0 Å². The van der Waals surface area contributed by atoms with Gasteiger partial charge in [-0.05, 0) is 26.2 Å². The third-order valence-corrected chi connectivity index (χ3v) is 5.16. The number of hydrogen-bond donors (Lipinski definition) is 0. The van der Waals surface area contributed by atoms with Crippen molar-refractivity contribution in [3.8, 4) is 0 Å². The van der Waals surface area contributed by atoms with E-state index in [0.29, 0.717) is 18.4 Å². The van der Waals surface area contributed by atoms with E-state index in [1.165, 1.54) is 0 Å². The molecule has 1 aliphatic rings. The highest BCUT2D eigenvalue weighted by Crippen LogP contribution is 2.41. The van der Waals surface area contributed by atoms with Crippen molar-refractivity contribution in [2.75, 3.05) is 19.9 Å². The number of hydrogen-bond acceptors (Lipinski definition) is 5. The van der Waals surface area contributed by atoms with Crippen molar-refractivity contribution < 1.29 is 9.26 Å². The van der Waals surface area contributed by atoms with Gasteiger partial charge < -0.3 is 9.26 Å². The molecule has 0 amide bonds. The summed E-state index contributed by atoms with van der Waals surface area (Å²) in [4.78, 5) is 13.0. The van der Waals surface area contributed by atoms with E-state index in [1.54, 1.807) is 6.33 Å². The zero-order chi connectivity index (χ0) is 15.9. The maximum absolute atomic E-state index is 6.28. The number of rotatable bonds is 4. The molecule has 0 N–H and O–H groups in total. The summed E-state index contributed by atoms with van der Waals surface area (Å²) in [6.07, 6.45) is 3.46. The number of fused-ring (bicyclic) bond motifs is 1. The number of aryl methyl sites for hydroxylation is 1. The van der Waals surface area contributed by atoms with Crippen LogP contribution in [0.2, 0.25) is 0 Å². The van der Waals surface area contributed by atoms with Crippen LogP contribution in [0.4, 0.5) is 0 Å². The topological polar surface area (TPSA) is 62.1 Å². The zero-order valence-electron chi connectivity index (χ0n) is 13.7. The molecule has 0 saturated carbocycles. The Hall–Kier alpha value is -1.10. The van der Waals surface area contributed by atoms with E-state index in [2.05, 4.69) is 42.1 Å². The highest BCUT2D eigenvalue weighted by Gasteiger charge is 2.40. The summed E-state index contributed by atoms with van der Waals surface area (Å²) in [6, 6.07) is 0. The van der Waals surface area contributed by atoms with Crippen molar-refractivity contribution in [3.63, 3.8) is 0 Å². The van der Waals surface area contributed by atoms with Crippen molar-refractivity contribution in [3.05, 3.63) is 18.3 Å². The molecule has 0 radical (unpaired) electrons. The molecule has 1 saturated heterocycles. The summed E-state index contributed by atoms with van der Waals surface area (Å²) in [6.45, 7) is 11.3. The van der Waals surface area contributed by atoms with E-state index in [1.807, 2.05) is 17.8 Å². The Labute approximate surface area is 132 Å². The van der Waals surface area contributed by atoms with Crippen molar-refractivity contribution in [2.24, 2.45) is 11.8 Å². The van der Waals surface area contributed by atoms with Gasteiger partial charge in [0, 0.05) is 14.1 Å². The van der Waals surface area contributed by atoms with Crippen LogP contribution in [0.5, 0.6) is 0 Å². The molecule has 7 heteroatoms. The third kappa shape index (κ3) is 2.75. The van der Waals surface area contributed by atoms with E-state index >= 15 is 0 Å². The monoisotopic (exact) mass is 322 g/mol. The first-order valence-corrected chi connectivity index (χ1v) is 9.74. The maximum Gasteiger partial charge on any atom is 0.165 e. The normalized spacial score (nSPS) is 28.8. The van der Waals surface area contributed by atoms with Gasteiger partial charge in [-0.25, -0.2) is 15.0 Å². The Balaban J connectivity index is 1.86. The van der Waals surface area contributed by atoms with Crippen LogP contribution in [-0.2, 0) is 9.26 Å². The molecule has 2 aromatic rings. The second kappa shape index (κ2) is 6.19. The maximum atomic E-state index is 6.28. The smallest absolute Gasteiger partial charge is 0.165 e. The molecule has 0 aromatic carbocycles. The van der Waals surface area contributed by atoms with Crippen LogP contribution in [0.1, 0.15) is 25.8 Å². The molecule has 1 fully saturated rings. The second-order valence-electron chi connectivity index (χ2n) is 6.17. The Kier molecular flexibility index (Phi) is 4.44. The molecule has 2 aromatic heterocycles. The minimum absolute atomic E-state index is 0.0529. The fourth-order valence-electron chi connectivity index (χ4n) is 2.91. The Bertz CT molecular complexity index is 660. The fourth-order valence-corrected chi connectivity index (χ4v) is 3.36. The van der Waals surface area contributed by atoms with Crippen LogP contribution in [0.3, 0.4) is 0 Å². The van der Waals surface area contributed by atoms with Gasteiger partial charge in [0.1, 0.15) is 18.1 Å². The van der Waals surface area contributed by atoms with Crippen LogP contribution in [0.25, 0.3) is 11.2 Å². The van der Waals surface area contributed by atoms with Gasteiger partial charge in [-0.1, -0.05) is 13.8 Å². The lowest BCUT2D eigenvalue weighted by molar-refractivity contribution is -0.0274. The fraction of sp³-hybridized carbons (Fsp3) is 0.667. The predicted molar refractivity (Wildman–Crippen MR) is 87.0 cm³/mol. The lowest BCUT2D eigenvalue weighted by Crippen LogP contribution is -2.21. The lowest BCUT2D eigenvalue weighted by atomic mass is 9.93. The van der Waals surface area contributed by atoms with Gasteiger partial charge in [-0.3, -0.25) is 4.57 Å². The molecule has 22 heavy (non-hydrogen) atoms. The number of aromatic nitrogens is 4. The quantitative estimate of drug-likeness (QED) is 0.810. The summed E-state index contributed by atoms with van der Waals surface area (Å²) in [5.74, 6) is 0.807.